The van der Waals surface area contributed by atoms with Crippen LogP contribution >= 0.6 is 0 Å². The molecule has 0 bridgehead atoms. The van der Waals surface area contributed by atoms with Gasteiger partial charge in [0.05, 0.1) is 0 Å². The molecule has 0 spiro atoms. The zero-order valence-corrected chi connectivity index (χ0v) is 29.3. The van der Waals surface area contributed by atoms with E-state index in [2.05, 4.69) is 27.3 Å². The average Bonchev–Trinajstić information content (AvgIpc) is 3.91. The van der Waals surface area contributed by atoms with Crippen molar-refractivity contribution in [2.75, 3.05) is 23.9 Å². The van der Waals surface area contributed by atoms with Gasteiger partial charge in [-0.1, -0.05) is 35.0 Å². The van der Waals surface area contributed by atoms with E-state index in [9.17, 15) is 26.3 Å². The first-order valence-electron chi connectivity index (χ1n) is 15.0. The first-order valence-corrected chi connectivity index (χ1v) is 15.0. The van der Waals surface area contributed by atoms with Crippen LogP contribution in [0, 0.1) is 25.5 Å². The summed E-state index contributed by atoms with van der Waals surface area (Å²) in [5.74, 6) is 0.877. The molecule has 51 heavy (non-hydrogen) atoms. The van der Waals surface area contributed by atoms with Gasteiger partial charge in [-0.25, -0.2) is 4.98 Å². The number of imidazole rings is 1. The topological polar surface area (TPSA) is 62.7 Å². The first-order chi connectivity index (χ1) is 23.8. The predicted molar refractivity (Wildman–Crippen MR) is 176 cm³/mol. The number of aryl methyl sites for hydroxylation is 1. The second kappa shape index (κ2) is 13.5. The molecule has 0 unspecified atom stereocenters. The summed E-state index contributed by atoms with van der Waals surface area (Å²) in [7, 11) is 5.32. The van der Waals surface area contributed by atoms with Crippen molar-refractivity contribution >= 4 is 33.2 Å². The standard InChI is InChI=1S/C20H12F3N5.C15H14F3N4.Ir/c1-27-11-18(24-19(27)14-10-17(26-25-14)20(21,22)23)28-15-8-4-2-6-12(15)13-7-3-5-9-16(13)28;1-19-3-5-21(10-19)13-7-12(15(16,17)18)8-14(9-13)22-6-4-20(2)11-22;/h2-8,10-11H,1H3;3-8,10-11H,1-2H3;/q-2;-3;. The Balaban J connectivity index is 0.000000178. The fourth-order valence-corrected chi connectivity index (χ4v) is 5.59. The van der Waals surface area contributed by atoms with Crippen LogP contribution in [-0.2, 0) is 39.5 Å². The van der Waals surface area contributed by atoms with Crippen LogP contribution in [0.5, 0.6) is 0 Å². The van der Waals surface area contributed by atoms with Gasteiger partial charge >= 0.3 is 12.4 Å². The number of nitrogens with zero attached hydrogens (tertiary/aromatic N) is 9. The molecule has 0 amide bonds. The molecule has 3 aromatic heterocycles. The summed E-state index contributed by atoms with van der Waals surface area (Å²) in [6.45, 7) is 3.37. The Morgan fingerprint density at radius 3 is 1.96 bits per heavy atom. The smallest absolute Gasteiger partial charge is 0.431 e. The maximum Gasteiger partial charge on any atom is 0.431 e. The number of para-hydroxylation sites is 2. The molecule has 0 atom stereocenters. The fourth-order valence-electron chi connectivity index (χ4n) is 5.59. The van der Waals surface area contributed by atoms with Crippen molar-refractivity contribution in [3.05, 3.63) is 128 Å². The number of alkyl halides is 6. The number of fused-ring (bicyclic) bond motifs is 3. The molecule has 0 fully saturated rings. The maximum atomic E-state index is 13.1. The summed E-state index contributed by atoms with van der Waals surface area (Å²) in [5.41, 5.74) is 0.794. The van der Waals surface area contributed by atoms with E-state index in [0.717, 1.165) is 40.0 Å². The van der Waals surface area contributed by atoms with E-state index in [4.69, 9.17) is 0 Å². The van der Waals surface area contributed by atoms with Crippen molar-refractivity contribution in [1.82, 2.24) is 34.1 Å². The summed E-state index contributed by atoms with van der Waals surface area (Å²) in [6.07, 6.45) is -0.321. The third kappa shape index (κ3) is 7.06. The largest absolute Gasteiger partial charge is 0.572 e. The van der Waals surface area contributed by atoms with Gasteiger partial charge in [0.1, 0.15) is 11.5 Å². The SMILES string of the molecule is CN1C=CN(c2[c-]c(N3C=CN(C)[CH-]3)cc(C(F)(F)F)c2)[CH-]1.Cn1cc(-n2c3[c-]cccc3c3ccccc32)nc1-c1cc(C(F)(F)F)n[n-]1.[Ir]. The van der Waals surface area contributed by atoms with Gasteiger partial charge < -0.3 is 38.9 Å². The number of hydrogen-bond donors (Lipinski definition) is 0. The van der Waals surface area contributed by atoms with Crippen LogP contribution < -0.4 is 14.9 Å². The zero-order valence-electron chi connectivity index (χ0n) is 26.9. The van der Waals surface area contributed by atoms with E-state index in [-0.39, 0.29) is 25.8 Å². The molecule has 6 aromatic rings. The van der Waals surface area contributed by atoms with Gasteiger partial charge in [0.2, 0.25) is 0 Å². The van der Waals surface area contributed by atoms with Crippen LogP contribution in [0.4, 0.5) is 37.7 Å². The zero-order chi connectivity index (χ0) is 35.4. The minimum atomic E-state index is -4.54. The molecule has 16 heteroatoms. The summed E-state index contributed by atoms with van der Waals surface area (Å²) in [5, 5.41) is 8.97. The Kier molecular flexibility index (Phi) is 9.42. The van der Waals surface area contributed by atoms with Gasteiger partial charge in [-0.15, -0.1) is 35.0 Å². The summed E-state index contributed by atoms with van der Waals surface area (Å²) in [6, 6.07) is 23.0. The van der Waals surface area contributed by atoms with E-state index in [1.165, 1.54) is 0 Å². The Labute approximate surface area is 302 Å². The molecule has 0 saturated carbocycles. The van der Waals surface area contributed by atoms with Crippen molar-refractivity contribution in [1.29, 1.82) is 0 Å². The third-order valence-corrected chi connectivity index (χ3v) is 7.91. The number of benzene rings is 3. The molecule has 0 N–H and O–H groups in total. The van der Waals surface area contributed by atoms with Crippen LogP contribution in [0.3, 0.4) is 0 Å². The first kappa shape index (κ1) is 35.6. The minimum Gasteiger partial charge on any atom is -0.572 e. The van der Waals surface area contributed by atoms with E-state index >= 15 is 0 Å². The molecule has 5 heterocycles. The summed E-state index contributed by atoms with van der Waals surface area (Å²) >= 11 is 0. The van der Waals surface area contributed by atoms with Crippen LogP contribution in [-0.4, -0.2) is 43.1 Å². The van der Waals surface area contributed by atoms with Gasteiger partial charge in [0, 0.05) is 38.9 Å². The van der Waals surface area contributed by atoms with Gasteiger partial charge in [-0.05, 0) is 56.4 Å². The van der Waals surface area contributed by atoms with E-state index in [0.29, 0.717) is 23.0 Å². The van der Waals surface area contributed by atoms with Crippen molar-refractivity contribution in [2.45, 2.75) is 12.4 Å². The molecular weight excluding hydrogens is 853 g/mol. The summed E-state index contributed by atoms with van der Waals surface area (Å²) < 4.78 is 81.6. The average molecular weight is 879 g/mol. The van der Waals surface area contributed by atoms with Crippen molar-refractivity contribution in [3.8, 4) is 17.3 Å². The molecule has 2 aliphatic rings. The van der Waals surface area contributed by atoms with Gasteiger partial charge in [-0.3, -0.25) is 0 Å². The molecule has 3 aromatic carbocycles. The second-order valence-electron chi connectivity index (χ2n) is 11.5. The van der Waals surface area contributed by atoms with Gasteiger partial charge in [0.25, 0.3) is 0 Å². The number of halogens is 6. The van der Waals surface area contributed by atoms with Crippen molar-refractivity contribution in [3.63, 3.8) is 0 Å². The van der Waals surface area contributed by atoms with E-state index < -0.39 is 23.6 Å². The number of anilines is 2. The molecule has 0 aliphatic carbocycles. The number of hydrogen-bond acceptors (Lipinski definition) is 6. The predicted octanol–water partition coefficient (Wildman–Crippen LogP) is 7.54. The van der Waals surface area contributed by atoms with Crippen LogP contribution in [0.1, 0.15) is 11.3 Å². The maximum absolute atomic E-state index is 13.1. The molecule has 267 valence electrons. The summed E-state index contributed by atoms with van der Waals surface area (Å²) in [4.78, 5) is 11.3. The molecule has 1 radical (unpaired) electrons. The Morgan fingerprint density at radius 1 is 0.765 bits per heavy atom. The molecule has 2 aliphatic heterocycles. The van der Waals surface area contributed by atoms with E-state index in [1.54, 1.807) is 89.6 Å². The second-order valence-corrected chi connectivity index (χ2v) is 11.5. The Morgan fingerprint density at radius 2 is 1.39 bits per heavy atom. The minimum absolute atomic E-state index is 0. The quantitative estimate of drug-likeness (QED) is 0.134. The normalized spacial score (nSPS) is 14.5. The number of rotatable bonds is 4. The Bertz CT molecular complexity index is 2150. The molecule has 8 rings (SSSR count). The van der Waals surface area contributed by atoms with E-state index in [1.807, 2.05) is 47.0 Å². The number of aromatic nitrogens is 5. The van der Waals surface area contributed by atoms with Crippen molar-refractivity contribution < 1.29 is 46.4 Å². The molecule has 9 nitrogen and oxygen atoms in total. The Hall–Kier alpha value is -5.21. The van der Waals surface area contributed by atoms with Crippen LogP contribution in [0.2, 0.25) is 0 Å². The monoisotopic (exact) mass is 879 g/mol. The third-order valence-electron chi connectivity index (χ3n) is 7.91. The fraction of sp³-hybridized carbons (Fsp3) is 0.143. The van der Waals surface area contributed by atoms with Gasteiger partial charge in [0.15, 0.2) is 5.82 Å². The van der Waals surface area contributed by atoms with Gasteiger partial charge in [-0.2, -0.15) is 63.9 Å². The van der Waals surface area contributed by atoms with Crippen LogP contribution in [0.25, 0.3) is 39.1 Å². The van der Waals surface area contributed by atoms with Crippen LogP contribution in [0.15, 0.2) is 91.7 Å². The molecular formula is C35H26F6IrN9-5. The molecule has 0 saturated heterocycles. The van der Waals surface area contributed by atoms with Crippen molar-refractivity contribution in [2.24, 2.45) is 7.05 Å².